The number of nitrogens with zero attached hydrogens (tertiary/aromatic N) is 2. The molecule has 6 nitrogen and oxygen atoms in total. The van der Waals surface area contributed by atoms with E-state index in [0.29, 0.717) is 0 Å². The number of aliphatic hydroxyl groups excluding tert-OH is 1. The van der Waals surface area contributed by atoms with Crippen LogP contribution in [0, 0.1) is 5.82 Å². The summed E-state index contributed by atoms with van der Waals surface area (Å²) in [5.41, 5.74) is 0.982. The van der Waals surface area contributed by atoms with Gasteiger partial charge in [0.1, 0.15) is 11.5 Å². The van der Waals surface area contributed by atoms with Crippen molar-refractivity contribution in [2.75, 3.05) is 13.2 Å². The zero-order valence-electron chi connectivity index (χ0n) is 11.4. The van der Waals surface area contributed by atoms with Crippen molar-refractivity contribution in [1.29, 1.82) is 0 Å². The number of hydrogen-bond acceptors (Lipinski definition) is 4. The van der Waals surface area contributed by atoms with E-state index in [2.05, 4.69) is 10.4 Å². The van der Waals surface area contributed by atoms with E-state index in [9.17, 15) is 14.0 Å². The van der Waals surface area contributed by atoms with Gasteiger partial charge < -0.3 is 10.4 Å². The van der Waals surface area contributed by atoms with Crippen LogP contribution in [0.5, 0.6) is 0 Å². The molecule has 0 aliphatic carbocycles. The van der Waals surface area contributed by atoms with E-state index in [0.717, 1.165) is 5.56 Å². The second kappa shape index (κ2) is 6.94. The number of nitrogens with one attached hydrogen (secondary N) is 1. The van der Waals surface area contributed by atoms with Crippen LogP contribution >= 0.6 is 0 Å². The molecule has 7 heteroatoms. The van der Waals surface area contributed by atoms with Crippen LogP contribution in [0.1, 0.15) is 18.4 Å². The van der Waals surface area contributed by atoms with Gasteiger partial charge in [0, 0.05) is 19.4 Å². The van der Waals surface area contributed by atoms with Gasteiger partial charge in [0.2, 0.25) is 5.91 Å². The van der Waals surface area contributed by atoms with E-state index in [1.165, 1.54) is 17.1 Å². The van der Waals surface area contributed by atoms with Crippen LogP contribution < -0.4 is 5.32 Å². The lowest BCUT2D eigenvalue weighted by molar-refractivity contribution is -0.132. The number of hydrazone groups is 1. The van der Waals surface area contributed by atoms with Crippen molar-refractivity contribution < 1.29 is 19.1 Å². The lowest BCUT2D eigenvalue weighted by Gasteiger charge is -2.23. The molecule has 1 aliphatic heterocycles. The van der Waals surface area contributed by atoms with Gasteiger partial charge in [0.05, 0.1) is 13.2 Å². The highest BCUT2D eigenvalue weighted by Gasteiger charge is 2.24. The molecule has 2 amide bonds. The Bertz CT molecular complexity index is 557. The summed E-state index contributed by atoms with van der Waals surface area (Å²) in [5.74, 6) is -0.921. The highest BCUT2D eigenvalue weighted by atomic mass is 19.1. The normalized spacial score (nSPS) is 14.9. The predicted octanol–water partition coefficient (Wildman–Crippen LogP) is 0.413. The number of rotatable bonds is 5. The summed E-state index contributed by atoms with van der Waals surface area (Å²) >= 11 is 0. The Labute approximate surface area is 121 Å². The second-order valence-electron chi connectivity index (χ2n) is 4.60. The van der Waals surface area contributed by atoms with Gasteiger partial charge in [-0.15, -0.1) is 0 Å². The summed E-state index contributed by atoms with van der Waals surface area (Å²) in [7, 11) is 0. The maximum Gasteiger partial charge on any atom is 0.267 e. The molecule has 1 aromatic rings. The summed E-state index contributed by atoms with van der Waals surface area (Å²) in [6.45, 7) is 0.177. The largest absolute Gasteiger partial charge is 0.395 e. The summed E-state index contributed by atoms with van der Waals surface area (Å²) in [4.78, 5) is 23.6. The van der Waals surface area contributed by atoms with Crippen molar-refractivity contribution in [3.63, 3.8) is 0 Å². The second-order valence-corrected chi connectivity index (χ2v) is 4.60. The Balaban J connectivity index is 2.07. The number of carbonyl (C=O) groups excluding carboxylic acids is 2. The van der Waals surface area contributed by atoms with E-state index in [1.807, 2.05) is 0 Å². The minimum absolute atomic E-state index is 0.143. The third kappa shape index (κ3) is 4.09. The molecule has 0 spiro atoms. The van der Waals surface area contributed by atoms with Crippen LogP contribution in [0.25, 0.3) is 0 Å². The van der Waals surface area contributed by atoms with E-state index < -0.39 is 0 Å². The fourth-order valence-electron chi connectivity index (χ4n) is 1.92. The first kappa shape index (κ1) is 15.1. The zero-order chi connectivity index (χ0) is 15.2. The van der Waals surface area contributed by atoms with Gasteiger partial charge >= 0.3 is 0 Å². The molecule has 0 aromatic heterocycles. The first-order valence-corrected chi connectivity index (χ1v) is 6.61. The molecule has 0 saturated carbocycles. The Morgan fingerprint density at radius 3 is 2.71 bits per heavy atom. The summed E-state index contributed by atoms with van der Waals surface area (Å²) in [6.07, 6.45) is 0.475. The maximum atomic E-state index is 12.8. The Morgan fingerprint density at radius 1 is 1.33 bits per heavy atom. The zero-order valence-corrected chi connectivity index (χ0v) is 11.4. The van der Waals surface area contributed by atoms with Crippen LogP contribution in [-0.2, 0) is 16.1 Å². The summed E-state index contributed by atoms with van der Waals surface area (Å²) < 4.78 is 12.8. The standard InChI is InChI=1S/C14H16FN3O3/c15-11-3-1-10(2-4-11)9-18-13(20)6-5-12(17-18)14(21)16-7-8-19/h1-4,19H,5-9H2,(H,16,21). The van der Waals surface area contributed by atoms with Crippen molar-refractivity contribution in [1.82, 2.24) is 10.3 Å². The van der Waals surface area contributed by atoms with Gasteiger partial charge in [-0.05, 0) is 17.7 Å². The molecule has 0 bridgehead atoms. The third-order valence-electron chi connectivity index (χ3n) is 3.01. The van der Waals surface area contributed by atoms with E-state index >= 15 is 0 Å². The lowest BCUT2D eigenvalue weighted by Crippen LogP contribution is -2.39. The molecule has 0 unspecified atom stereocenters. The summed E-state index contributed by atoms with van der Waals surface area (Å²) in [5, 5.41) is 16.4. The molecule has 0 fully saturated rings. The molecule has 1 heterocycles. The maximum absolute atomic E-state index is 12.8. The van der Waals surface area contributed by atoms with Crippen molar-refractivity contribution in [3.05, 3.63) is 35.6 Å². The average molecular weight is 293 g/mol. The van der Waals surface area contributed by atoms with E-state index in [1.54, 1.807) is 12.1 Å². The molecule has 1 aliphatic rings. The first-order chi connectivity index (χ1) is 10.1. The van der Waals surface area contributed by atoms with E-state index in [4.69, 9.17) is 5.11 Å². The van der Waals surface area contributed by atoms with Gasteiger partial charge in [0.25, 0.3) is 5.91 Å². The quantitative estimate of drug-likeness (QED) is 0.825. The number of amides is 2. The number of aliphatic hydroxyl groups is 1. The highest BCUT2D eigenvalue weighted by molar-refractivity contribution is 6.39. The minimum atomic E-state index is -0.388. The third-order valence-corrected chi connectivity index (χ3v) is 3.01. The van der Waals surface area contributed by atoms with Crippen LogP contribution in [0.4, 0.5) is 4.39 Å². The molecule has 2 rings (SSSR count). The van der Waals surface area contributed by atoms with Crippen LogP contribution in [0.15, 0.2) is 29.4 Å². The highest BCUT2D eigenvalue weighted by Crippen LogP contribution is 2.14. The summed E-state index contributed by atoms with van der Waals surface area (Å²) in [6, 6.07) is 5.75. The van der Waals surface area contributed by atoms with Crippen LogP contribution in [0.3, 0.4) is 0 Å². The lowest BCUT2D eigenvalue weighted by atomic mass is 10.1. The fraction of sp³-hybridized carbons (Fsp3) is 0.357. The van der Waals surface area contributed by atoms with Gasteiger partial charge in [-0.1, -0.05) is 12.1 Å². The molecule has 2 N–H and O–H groups in total. The Hall–Kier alpha value is -2.28. The predicted molar refractivity (Wildman–Crippen MR) is 73.7 cm³/mol. The van der Waals surface area contributed by atoms with Crippen LogP contribution in [0.2, 0.25) is 0 Å². The van der Waals surface area contributed by atoms with Crippen molar-refractivity contribution in [2.24, 2.45) is 5.10 Å². The fourth-order valence-corrected chi connectivity index (χ4v) is 1.92. The molecule has 21 heavy (non-hydrogen) atoms. The molecule has 112 valence electrons. The Morgan fingerprint density at radius 2 is 2.05 bits per heavy atom. The van der Waals surface area contributed by atoms with Gasteiger partial charge in [-0.3, -0.25) is 9.59 Å². The number of halogens is 1. The minimum Gasteiger partial charge on any atom is -0.395 e. The van der Waals surface area contributed by atoms with Gasteiger partial charge in [-0.2, -0.15) is 5.10 Å². The molecule has 0 atom stereocenters. The van der Waals surface area contributed by atoms with Crippen molar-refractivity contribution in [3.8, 4) is 0 Å². The molecule has 0 radical (unpaired) electrons. The Kier molecular flexibility index (Phi) is 4.99. The molecular weight excluding hydrogens is 277 g/mol. The number of hydrogen-bond donors (Lipinski definition) is 2. The smallest absolute Gasteiger partial charge is 0.267 e. The average Bonchev–Trinajstić information content (AvgIpc) is 2.49. The molecule has 1 aromatic carbocycles. The number of benzene rings is 1. The van der Waals surface area contributed by atoms with Crippen molar-refractivity contribution in [2.45, 2.75) is 19.4 Å². The molecular formula is C14H16FN3O3. The topological polar surface area (TPSA) is 82.0 Å². The van der Waals surface area contributed by atoms with E-state index in [-0.39, 0.29) is 55.9 Å². The monoisotopic (exact) mass is 293 g/mol. The SMILES string of the molecule is O=C(NCCO)C1=NN(Cc2ccc(F)cc2)C(=O)CC1. The van der Waals surface area contributed by atoms with Gasteiger partial charge in [0.15, 0.2) is 0 Å². The first-order valence-electron chi connectivity index (χ1n) is 6.61. The number of carbonyl (C=O) groups is 2. The van der Waals surface area contributed by atoms with Crippen LogP contribution in [-0.4, -0.2) is 40.8 Å². The molecule has 0 saturated heterocycles. The van der Waals surface area contributed by atoms with Gasteiger partial charge in [-0.25, -0.2) is 9.40 Å². The van der Waals surface area contributed by atoms with Crippen molar-refractivity contribution >= 4 is 17.5 Å².